The van der Waals surface area contributed by atoms with Crippen molar-refractivity contribution in [3.8, 4) is 0 Å². The molecule has 1 aliphatic heterocycles. The molecule has 0 aromatic carbocycles. The Morgan fingerprint density at radius 3 is 2.75 bits per heavy atom. The van der Waals surface area contributed by atoms with Crippen molar-refractivity contribution in [1.29, 1.82) is 0 Å². The molecule has 0 aliphatic carbocycles. The number of aliphatic hydroxyl groups is 2. The van der Waals surface area contributed by atoms with Gasteiger partial charge in [-0.15, -0.1) is 0 Å². The fraction of sp³-hybridized carbons (Fsp3) is 0.778. The van der Waals surface area contributed by atoms with Gasteiger partial charge >= 0.3 is 0 Å². The third-order valence-electron chi connectivity index (χ3n) is 1.92. The summed E-state index contributed by atoms with van der Waals surface area (Å²) in [7, 11) is 0. The molecule has 3 heteroatoms. The first-order valence-corrected chi connectivity index (χ1v) is 4.29. The molecule has 1 aliphatic rings. The number of hydrogen-bond donors (Lipinski definition) is 2. The Morgan fingerprint density at radius 2 is 2.17 bits per heavy atom. The van der Waals surface area contributed by atoms with Crippen molar-refractivity contribution in [3.63, 3.8) is 0 Å². The molecule has 1 heterocycles. The minimum absolute atomic E-state index is 0.0390. The molecule has 2 N–H and O–H groups in total. The Labute approximate surface area is 72.7 Å². The van der Waals surface area contributed by atoms with Gasteiger partial charge in [-0.3, -0.25) is 0 Å². The molecule has 0 aromatic rings. The van der Waals surface area contributed by atoms with Crippen molar-refractivity contribution in [2.45, 2.75) is 44.7 Å². The van der Waals surface area contributed by atoms with Crippen molar-refractivity contribution < 1.29 is 14.9 Å². The molecular formula is C9H16O3. The van der Waals surface area contributed by atoms with E-state index in [0.717, 1.165) is 0 Å². The molecule has 0 bridgehead atoms. The summed E-state index contributed by atoms with van der Waals surface area (Å²) in [6, 6.07) is 0. The summed E-state index contributed by atoms with van der Waals surface area (Å²) < 4.78 is 5.41. The van der Waals surface area contributed by atoms with Crippen molar-refractivity contribution >= 4 is 0 Å². The fourth-order valence-corrected chi connectivity index (χ4v) is 1.33. The first-order valence-electron chi connectivity index (χ1n) is 4.29. The SMILES string of the molecule is C[C@H](O)C[C@H]1O[C@@H](C)C=C[C@H]1O. The summed E-state index contributed by atoms with van der Waals surface area (Å²) in [5.74, 6) is 0. The Kier molecular flexibility index (Phi) is 3.26. The summed E-state index contributed by atoms with van der Waals surface area (Å²) in [5, 5.41) is 18.5. The van der Waals surface area contributed by atoms with Crippen molar-refractivity contribution in [2.75, 3.05) is 0 Å². The van der Waals surface area contributed by atoms with E-state index in [0.29, 0.717) is 6.42 Å². The summed E-state index contributed by atoms with van der Waals surface area (Å²) in [6.45, 7) is 3.61. The van der Waals surface area contributed by atoms with E-state index >= 15 is 0 Å². The maximum absolute atomic E-state index is 9.41. The highest BCUT2D eigenvalue weighted by molar-refractivity contribution is 5.01. The minimum atomic E-state index is -0.573. The van der Waals surface area contributed by atoms with Crippen LogP contribution < -0.4 is 0 Å². The van der Waals surface area contributed by atoms with E-state index in [9.17, 15) is 5.11 Å². The zero-order valence-electron chi connectivity index (χ0n) is 7.47. The van der Waals surface area contributed by atoms with Crippen LogP contribution in [0.15, 0.2) is 12.2 Å². The van der Waals surface area contributed by atoms with Crippen molar-refractivity contribution in [3.05, 3.63) is 12.2 Å². The first kappa shape index (κ1) is 9.71. The van der Waals surface area contributed by atoms with Gasteiger partial charge in [0.1, 0.15) is 0 Å². The molecule has 0 unspecified atom stereocenters. The van der Waals surface area contributed by atoms with Gasteiger partial charge in [0.15, 0.2) is 0 Å². The first-order chi connectivity index (χ1) is 5.59. The van der Waals surface area contributed by atoms with Crippen LogP contribution in [0.2, 0.25) is 0 Å². The zero-order valence-corrected chi connectivity index (χ0v) is 7.47. The molecular weight excluding hydrogens is 156 g/mol. The second kappa shape index (κ2) is 4.03. The van der Waals surface area contributed by atoms with Gasteiger partial charge in [-0.25, -0.2) is 0 Å². The van der Waals surface area contributed by atoms with Gasteiger partial charge in [0, 0.05) is 6.42 Å². The standard InChI is InChI=1S/C9H16O3/c1-6(10)5-9-8(11)4-3-7(2)12-9/h3-4,6-11H,5H2,1-2H3/t6-,7-,8+,9+/m0/s1. The van der Waals surface area contributed by atoms with E-state index in [1.165, 1.54) is 0 Å². The summed E-state index contributed by atoms with van der Waals surface area (Å²) in [5.41, 5.74) is 0. The average molecular weight is 172 g/mol. The van der Waals surface area contributed by atoms with Crippen molar-refractivity contribution in [2.24, 2.45) is 0 Å². The Hall–Kier alpha value is -0.380. The van der Waals surface area contributed by atoms with Crippen LogP contribution >= 0.6 is 0 Å². The van der Waals surface area contributed by atoms with E-state index < -0.39 is 12.2 Å². The van der Waals surface area contributed by atoms with Crippen LogP contribution in [0.5, 0.6) is 0 Å². The van der Waals surface area contributed by atoms with E-state index in [2.05, 4.69) is 0 Å². The van der Waals surface area contributed by atoms with Crippen LogP contribution in [-0.4, -0.2) is 34.6 Å². The zero-order chi connectivity index (χ0) is 9.14. The maximum Gasteiger partial charge on any atom is 0.0984 e. The minimum Gasteiger partial charge on any atom is -0.393 e. The Balaban J connectivity index is 2.48. The lowest BCUT2D eigenvalue weighted by molar-refractivity contribution is -0.0682. The molecule has 0 fully saturated rings. The van der Waals surface area contributed by atoms with Crippen LogP contribution in [0.1, 0.15) is 20.3 Å². The molecule has 0 saturated heterocycles. The van der Waals surface area contributed by atoms with Crippen LogP contribution in [0.25, 0.3) is 0 Å². The highest BCUT2D eigenvalue weighted by atomic mass is 16.5. The smallest absolute Gasteiger partial charge is 0.0984 e. The highest BCUT2D eigenvalue weighted by Gasteiger charge is 2.24. The van der Waals surface area contributed by atoms with Gasteiger partial charge in [0.25, 0.3) is 0 Å². The van der Waals surface area contributed by atoms with Crippen LogP contribution in [-0.2, 0) is 4.74 Å². The normalized spacial score (nSPS) is 38.2. The van der Waals surface area contributed by atoms with Gasteiger partial charge in [-0.05, 0) is 13.8 Å². The maximum atomic E-state index is 9.41. The Morgan fingerprint density at radius 1 is 1.50 bits per heavy atom. The number of aliphatic hydroxyl groups excluding tert-OH is 2. The van der Waals surface area contributed by atoms with Gasteiger partial charge < -0.3 is 14.9 Å². The Bertz CT molecular complexity index is 165. The third-order valence-corrected chi connectivity index (χ3v) is 1.92. The molecule has 0 spiro atoms. The molecule has 1 rings (SSSR count). The second-order valence-electron chi connectivity index (χ2n) is 3.34. The monoisotopic (exact) mass is 172 g/mol. The molecule has 3 nitrogen and oxygen atoms in total. The molecule has 4 atom stereocenters. The molecule has 0 saturated carbocycles. The number of ether oxygens (including phenoxy) is 1. The predicted molar refractivity (Wildman–Crippen MR) is 45.8 cm³/mol. The van der Waals surface area contributed by atoms with Gasteiger partial charge in [0.2, 0.25) is 0 Å². The van der Waals surface area contributed by atoms with Crippen LogP contribution in [0.4, 0.5) is 0 Å². The molecule has 0 amide bonds. The van der Waals surface area contributed by atoms with Crippen LogP contribution in [0.3, 0.4) is 0 Å². The highest BCUT2D eigenvalue weighted by Crippen LogP contribution is 2.16. The lowest BCUT2D eigenvalue weighted by atomic mass is 10.0. The van der Waals surface area contributed by atoms with E-state index in [-0.39, 0.29) is 12.2 Å². The number of hydrogen-bond acceptors (Lipinski definition) is 3. The molecule has 12 heavy (non-hydrogen) atoms. The lowest BCUT2D eigenvalue weighted by Gasteiger charge is -2.28. The van der Waals surface area contributed by atoms with Crippen molar-refractivity contribution in [1.82, 2.24) is 0 Å². The average Bonchev–Trinajstić information content (AvgIpc) is 1.96. The van der Waals surface area contributed by atoms with Crippen LogP contribution in [0, 0.1) is 0 Å². The topological polar surface area (TPSA) is 49.7 Å². The van der Waals surface area contributed by atoms with E-state index in [1.54, 1.807) is 13.0 Å². The quantitative estimate of drug-likeness (QED) is 0.595. The summed E-state index contributed by atoms with van der Waals surface area (Å²) in [6.07, 6.45) is 2.81. The fourth-order valence-electron chi connectivity index (χ4n) is 1.33. The van der Waals surface area contributed by atoms with E-state index in [4.69, 9.17) is 9.84 Å². The summed E-state index contributed by atoms with van der Waals surface area (Å²) in [4.78, 5) is 0. The molecule has 70 valence electrons. The summed E-state index contributed by atoms with van der Waals surface area (Å²) >= 11 is 0. The lowest BCUT2D eigenvalue weighted by Crippen LogP contribution is -2.36. The van der Waals surface area contributed by atoms with Gasteiger partial charge in [-0.1, -0.05) is 12.2 Å². The third kappa shape index (κ3) is 2.59. The molecule has 0 radical (unpaired) electrons. The second-order valence-corrected chi connectivity index (χ2v) is 3.34. The van der Waals surface area contributed by atoms with Gasteiger partial charge in [0.05, 0.1) is 24.4 Å². The predicted octanol–water partition coefficient (Wildman–Crippen LogP) is 0.462. The largest absolute Gasteiger partial charge is 0.393 e. The van der Waals surface area contributed by atoms with Gasteiger partial charge in [-0.2, -0.15) is 0 Å². The van der Waals surface area contributed by atoms with E-state index in [1.807, 2.05) is 13.0 Å². The molecule has 0 aromatic heterocycles. The number of rotatable bonds is 2.